The predicted octanol–water partition coefficient (Wildman–Crippen LogP) is 2.90. The lowest BCUT2D eigenvalue weighted by Gasteiger charge is -2.24. The zero-order valence-electron chi connectivity index (χ0n) is 12.0. The highest BCUT2D eigenvalue weighted by atomic mass is 19.4. The van der Waals surface area contributed by atoms with Crippen molar-refractivity contribution < 1.29 is 17.9 Å². The quantitative estimate of drug-likeness (QED) is 0.782. The van der Waals surface area contributed by atoms with Gasteiger partial charge >= 0.3 is 6.18 Å². The molecule has 0 aromatic heterocycles. The van der Waals surface area contributed by atoms with Gasteiger partial charge in [0.05, 0.1) is 12.2 Å². The maximum Gasteiger partial charge on any atom is 0.418 e. The zero-order valence-corrected chi connectivity index (χ0v) is 12.0. The van der Waals surface area contributed by atoms with Crippen molar-refractivity contribution in [3.8, 4) is 0 Å². The Labute approximate surface area is 117 Å². The number of rotatable bonds is 7. The minimum atomic E-state index is -4.36. The SMILES string of the molecule is CCOCCN(C)c1ccc(CNC)cc1C(F)(F)F. The van der Waals surface area contributed by atoms with E-state index in [1.807, 2.05) is 6.92 Å². The van der Waals surface area contributed by atoms with E-state index < -0.39 is 11.7 Å². The van der Waals surface area contributed by atoms with Crippen LogP contribution in [0.25, 0.3) is 0 Å². The van der Waals surface area contributed by atoms with Gasteiger partial charge in [-0.1, -0.05) is 6.07 Å². The third-order valence-corrected chi connectivity index (χ3v) is 2.93. The van der Waals surface area contributed by atoms with Crippen molar-refractivity contribution in [1.29, 1.82) is 0 Å². The van der Waals surface area contributed by atoms with Crippen LogP contribution in [0.4, 0.5) is 18.9 Å². The highest BCUT2D eigenvalue weighted by Crippen LogP contribution is 2.36. The monoisotopic (exact) mass is 290 g/mol. The summed E-state index contributed by atoms with van der Waals surface area (Å²) in [4.78, 5) is 1.57. The molecule has 114 valence electrons. The van der Waals surface area contributed by atoms with E-state index in [2.05, 4.69) is 5.32 Å². The predicted molar refractivity (Wildman–Crippen MR) is 74.0 cm³/mol. The molecule has 0 heterocycles. The first kappa shape index (κ1) is 16.8. The second kappa shape index (κ2) is 7.50. The Balaban J connectivity index is 2.99. The van der Waals surface area contributed by atoms with Gasteiger partial charge in [-0.25, -0.2) is 0 Å². The molecule has 0 atom stereocenters. The average Bonchev–Trinajstić information content (AvgIpc) is 2.38. The summed E-state index contributed by atoms with van der Waals surface area (Å²) in [6, 6.07) is 4.42. The van der Waals surface area contributed by atoms with Gasteiger partial charge in [0.1, 0.15) is 0 Å². The van der Waals surface area contributed by atoms with E-state index in [-0.39, 0.29) is 5.69 Å². The lowest BCUT2D eigenvalue weighted by Crippen LogP contribution is -2.25. The third-order valence-electron chi connectivity index (χ3n) is 2.93. The minimum absolute atomic E-state index is 0.178. The molecule has 1 N–H and O–H groups in total. The molecule has 0 radical (unpaired) electrons. The molecule has 3 nitrogen and oxygen atoms in total. The smallest absolute Gasteiger partial charge is 0.380 e. The lowest BCUT2D eigenvalue weighted by atomic mass is 10.1. The van der Waals surface area contributed by atoms with Gasteiger partial charge < -0.3 is 15.0 Å². The Bertz CT molecular complexity index is 421. The number of hydrogen-bond acceptors (Lipinski definition) is 3. The highest BCUT2D eigenvalue weighted by molar-refractivity contribution is 5.56. The molecule has 6 heteroatoms. The summed E-state index contributed by atoms with van der Waals surface area (Å²) in [6.45, 7) is 3.64. The summed E-state index contributed by atoms with van der Waals surface area (Å²) in [5.41, 5.74) is 0.183. The number of anilines is 1. The molecule has 1 aromatic carbocycles. The Morgan fingerprint density at radius 1 is 1.30 bits per heavy atom. The zero-order chi connectivity index (χ0) is 15.2. The number of likely N-dealkylation sites (N-methyl/N-ethyl adjacent to an activating group) is 1. The van der Waals surface area contributed by atoms with Crippen LogP contribution in [0.1, 0.15) is 18.1 Å². The first-order valence-corrected chi connectivity index (χ1v) is 6.53. The van der Waals surface area contributed by atoms with E-state index in [1.165, 1.54) is 12.1 Å². The van der Waals surface area contributed by atoms with Gasteiger partial charge in [-0.05, 0) is 31.7 Å². The van der Waals surface area contributed by atoms with Gasteiger partial charge in [0.15, 0.2) is 0 Å². The minimum Gasteiger partial charge on any atom is -0.380 e. The van der Waals surface area contributed by atoms with Crippen LogP contribution in [0.2, 0.25) is 0 Å². The van der Waals surface area contributed by atoms with Crippen LogP contribution in [-0.2, 0) is 17.5 Å². The number of alkyl halides is 3. The molecule has 20 heavy (non-hydrogen) atoms. The molecule has 0 aliphatic carbocycles. The fraction of sp³-hybridized carbons (Fsp3) is 0.571. The maximum absolute atomic E-state index is 13.1. The van der Waals surface area contributed by atoms with Crippen molar-refractivity contribution in [2.75, 3.05) is 38.8 Å². The van der Waals surface area contributed by atoms with Crippen LogP contribution < -0.4 is 10.2 Å². The van der Waals surface area contributed by atoms with Gasteiger partial charge in [-0.15, -0.1) is 0 Å². The molecule has 0 bridgehead atoms. The van der Waals surface area contributed by atoms with Crippen LogP contribution in [0.3, 0.4) is 0 Å². The molecule has 0 aliphatic rings. The number of nitrogens with one attached hydrogen (secondary N) is 1. The van der Waals surface area contributed by atoms with Crippen LogP contribution in [0.15, 0.2) is 18.2 Å². The highest BCUT2D eigenvalue weighted by Gasteiger charge is 2.34. The second-order valence-corrected chi connectivity index (χ2v) is 4.50. The van der Waals surface area contributed by atoms with Crippen molar-refractivity contribution in [3.05, 3.63) is 29.3 Å². The molecule has 0 saturated heterocycles. The van der Waals surface area contributed by atoms with E-state index in [1.54, 1.807) is 25.1 Å². The lowest BCUT2D eigenvalue weighted by molar-refractivity contribution is -0.137. The van der Waals surface area contributed by atoms with Crippen molar-refractivity contribution in [3.63, 3.8) is 0 Å². The molecule has 0 saturated carbocycles. The number of ether oxygens (including phenoxy) is 1. The van der Waals surface area contributed by atoms with Gasteiger partial charge in [-0.3, -0.25) is 0 Å². The molecule has 0 amide bonds. The Hall–Kier alpha value is -1.27. The van der Waals surface area contributed by atoms with Gasteiger partial charge in [-0.2, -0.15) is 13.2 Å². The van der Waals surface area contributed by atoms with E-state index >= 15 is 0 Å². The Morgan fingerprint density at radius 3 is 2.55 bits per heavy atom. The largest absolute Gasteiger partial charge is 0.418 e. The molecular weight excluding hydrogens is 269 g/mol. The fourth-order valence-corrected chi connectivity index (χ4v) is 1.92. The Kier molecular flexibility index (Phi) is 6.29. The molecule has 0 unspecified atom stereocenters. The van der Waals surface area contributed by atoms with Gasteiger partial charge in [0.25, 0.3) is 0 Å². The van der Waals surface area contributed by atoms with Crippen molar-refractivity contribution in [2.24, 2.45) is 0 Å². The van der Waals surface area contributed by atoms with E-state index in [9.17, 15) is 13.2 Å². The summed E-state index contributed by atoms with van der Waals surface area (Å²) < 4.78 is 44.6. The first-order valence-electron chi connectivity index (χ1n) is 6.53. The molecule has 1 aromatic rings. The summed E-state index contributed by atoms with van der Waals surface area (Å²) in [6.07, 6.45) is -4.36. The van der Waals surface area contributed by atoms with Gasteiger partial charge in [0, 0.05) is 32.4 Å². The topological polar surface area (TPSA) is 24.5 Å². The second-order valence-electron chi connectivity index (χ2n) is 4.50. The van der Waals surface area contributed by atoms with Crippen LogP contribution in [-0.4, -0.2) is 33.9 Å². The number of halogens is 3. The Morgan fingerprint density at radius 2 is 2.00 bits per heavy atom. The fourth-order valence-electron chi connectivity index (χ4n) is 1.92. The summed E-state index contributed by atoms with van der Waals surface area (Å²) in [5.74, 6) is 0. The molecule has 0 aliphatic heterocycles. The standard InChI is InChI=1S/C14H21F3N2O/c1-4-20-8-7-19(3)13-6-5-11(10-18-2)9-12(13)14(15,16)17/h5-6,9,18H,4,7-8,10H2,1-3H3. The van der Waals surface area contributed by atoms with Crippen LogP contribution in [0, 0.1) is 0 Å². The summed E-state index contributed by atoms with van der Waals surface area (Å²) in [7, 11) is 3.34. The number of hydrogen-bond donors (Lipinski definition) is 1. The first-order chi connectivity index (χ1) is 9.40. The van der Waals surface area contributed by atoms with Crippen LogP contribution in [0.5, 0.6) is 0 Å². The summed E-state index contributed by atoms with van der Waals surface area (Å²) in [5, 5.41) is 2.85. The number of benzene rings is 1. The van der Waals surface area contributed by atoms with E-state index in [0.29, 0.717) is 31.9 Å². The van der Waals surface area contributed by atoms with Gasteiger partial charge in [0.2, 0.25) is 0 Å². The maximum atomic E-state index is 13.1. The average molecular weight is 290 g/mol. The van der Waals surface area contributed by atoms with Crippen molar-refractivity contribution in [2.45, 2.75) is 19.6 Å². The normalized spacial score (nSPS) is 11.7. The molecular formula is C14H21F3N2O. The molecule has 0 spiro atoms. The molecule has 0 fully saturated rings. The van der Waals surface area contributed by atoms with Crippen molar-refractivity contribution >= 4 is 5.69 Å². The van der Waals surface area contributed by atoms with E-state index in [4.69, 9.17) is 4.74 Å². The van der Waals surface area contributed by atoms with Crippen molar-refractivity contribution in [1.82, 2.24) is 5.32 Å². The van der Waals surface area contributed by atoms with Crippen LogP contribution >= 0.6 is 0 Å². The number of nitrogens with zero attached hydrogens (tertiary/aromatic N) is 1. The van der Waals surface area contributed by atoms with E-state index in [0.717, 1.165) is 0 Å². The molecule has 1 rings (SSSR count). The third kappa shape index (κ3) is 4.68. The summed E-state index contributed by atoms with van der Waals surface area (Å²) >= 11 is 0.